The molecule has 20 heavy (non-hydrogen) atoms. The molecule has 2 aromatic heterocycles. The van der Waals surface area contributed by atoms with E-state index in [2.05, 4.69) is 48.0 Å². The van der Waals surface area contributed by atoms with Gasteiger partial charge in [0.2, 0.25) is 0 Å². The highest BCUT2D eigenvalue weighted by atomic mass is 79.9. The molecule has 0 amide bonds. The van der Waals surface area contributed by atoms with E-state index in [-0.39, 0.29) is 0 Å². The molecule has 2 heterocycles. The van der Waals surface area contributed by atoms with E-state index in [0.29, 0.717) is 0 Å². The molecule has 0 fully saturated rings. The molecule has 0 atom stereocenters. The molecule has 3 aromatic rings. The molecular formula is C16H16BrN3. The fraction of sp³-hybridized carbons (Fsp3) is 0.250. The van der Waals surface area contributed by atoms with E-state index in [1.54, 1.807) is 0 Å². The topological polar surface area (TPSA) is 30.7 Å². The number of halogens is 1. The van der Waals surface area contributed by atoms with Crippen molar-refractivity contribution < 1.29 is 0 Å². The van der Waals surface area contributed by atoms with E-state index in [1.165, 1.54) is 11.1 Å². The Kier molecular flexibility index (Phi) is 3.13. The quantitative estimate of drug-likeness (QED) is 0.665. The number of benzene rings is 1. The molecule has 4 heteroatoms. The summed E-state index contributed by atoms with van der Waals surface area (Å²) in [6.07, 6.45) is 2.03. The van der Waals surface area contributed by atoms with Crippen molar-refractivity contribution in [2.24, 2.45) is 7.05 Å². The van der Waals surface area contributed by atoms with E-state index in [0.717, 1.165) is 32.6 Å². The second-order valence-electron chi connectivity index (χ2n) is 5.24. The summed E-state index contributed by atoms with van der Waals surface area (Å²) in [7, 11) is 2.01. The molecule has 1 aromatic carbocycles. The zero-order valence-corrected chi connectivity index (χ0v) is 13.6. The number of hydrogen-bond donors (Lipinski definition) is 0. The Morgan fingerprint density at radius 1 is 1.10 bits per heavy atom. The summed E-state index contributed by atoms with van der Waals surface area (Å²) in [5.74, 6) is 0.796. The van der Waals surface area contributed by atoms with Crippen molar-refractivity contribution in [1.82, 2.24) is 14.5 Å². The van der Waals surface area contributed by atoms with Gasteiger partial charge in [-0.2, -0.15) is 0 Å². The van der Waals surface area contributed by atoms with Crippen LogP contribution in [-0.4, -0.2) is 14.5 Å². The molecule has 0 aliphatic carbocycles. The summed E-state index contributed by atoms with van der Waals surface area (Å²) in [5.41, 5.74) is 5.48. The molecule has 0 bridgehead atoms. The van der Waals surface area contributed by atoms with Gasteiger partial charge in [0.1, 0.15) is 5.65 Å². The standard InChI is InChI=1S/C16H16BrN3/c1-9-5-6-10(2)12(7-9)15-18-11(3)14-13(17)8-20(4)16(14)19-15/h5-8H,1-4H3. The van der Waals surface area contributed by atoms with Crippen LogP contribution >= 0.6 is 15.9 Å². The molecule has 3 nitrogen and oxygen atoms in total. The molecular weight excluding hydrogens is 314 g/mol. The van der Waals surface area contributed by atoms with Gasteiger partial charge in [0.05, 0.1) is 11.1 Å². The van der Waals surface area contributed by atoms with Crippen molar-refractivity contribution in [3.05, 3.63) is 45.7 Å². The van der Waals surface area contributed by atoms with E-state index in [4.69, 9.17) is 9.97 Å². The van der Waals surface area contributed by atoms with Gasteiger partial charge in [0.15, 0.2) is 5.82 Å². The van der Waals surface area contributed by atoms with Crippen molar-refractivity contribution in [2.75, 3.05) is 0 Å². The van der Waals surface area contributed by atoms with Crippen LogP contribution in [0.25, 0.3) is 22.4 Å². The summed E-state index contributed by atoms with van der Waals surface area (Å²) in [6.45, 7) is 6.22. The first-order valence-corrected chi connectivity index (χ1v) is 7.33. The highest BCUT2D eigenvalue weighted by Crippen LogP contribution is 2.29. The minimum atomic E-state index is 0.796. The maximum Gasteiger partial charge on any atom is 0.162 e. The summed E-state index contributed by atoms with van der Waals surface area (Å²) >= 11 is 3.57. The zero-order valence-electron chi connectivity index (χ0n) is 12.0. The first kappa shape index (κ1) is 13.3. The predicted octanol–water partition coefficient (Wildman–Crippen LogP) is 4.32. The summed E-state index contributed by atoms with van der Waals surface area (Å²) in [6, 6.07) is 6.38. The number of nitrogens with zero attached hydrogens (tertiary/aromatic N) is 3. The maximum absolute atomic E-state index is 4.75. The van der Waals surface area contributed by atoms with Gasteiger partial charge in [-0.05, 0) is 48.3 Å². The van der Waals surface area contributed by atoms with Crippen LogP contribution in [0.4, 0.5) is 0 Å². The Balaban J connectivity index is 2.32. The first-order chi connectivity index (χ1) is 9.47. The SMILES string of the molecule is Cc1ccc(C)c(-c2nc(C)c3c(Br)cn(C)c3n2)c1. The van der Waals surface area contributed by atoms with Crippen LogP contribution < -0.4 is 0 Å². The lowest BCUT2D eigenvalue weighted by molar-refractivity contribution is 0.941. The molecule has 0 unspecified atom stereocenters. The molecule has 102 valence electrons. The Bertz CT molecular complexity index is 818. The smallest absolute Gasteiger partial charge is 0.162 e. The van der Waals surface area contributed by atoms with Crippen LogP contribution in [0.3, 0.4) is 0 Å². The minimum absolute atomic E-state index is 0.796. The van der Waals surface area contributed by atoms with Gasteiger partial charge in [-0.3, -0.25) is 0 Å². The van der Waals surface area contributed by atoms with Crippen LogP contribution in [0.1, 0.15) is 16.8 Å². The summed E-state index contributed by atoms with van der Waals surface area (Å²) < 4.78 is 3.07. The Morgan fingerprint density at radius 2 is 1.85 bits per heavy atom. The monoisotopic (exact) mass is 329 g/mol. The fourth-order valence-corrected chi connectivity index (χ4v) is 3.26. The van der Waals surface area contributed by atoms with Crippen molar-refractivity contribution in [3.8, 4) is 11.4 Å². The van der Waals surface area contributed by atoms with Gasteiger partial charge in [0.25, 0.3) is 0 Å². The van der Waals surface area contributed by atoms with Gasteiger partial charge in [0, 0.05) is 23.3 Å². The zero-order chi connectivity index (χ0) is 14.4. The summed E-state index contributed by atoms with van der Waals surface area (Å²) in [5, 5.41) is 1.08. The van der Waals surface area contributed by atoms with E-state index >= 15 is 0 Å². The van der Waals surface area contributed by atoms with Gasteiger partial charge in [-0.25, -0.2) is 9.97 Å². The lowest BCUT2D eigenvalue weighted by Gasteiger charge is -2.08. The number of aromatic nitrogens is 3. The molecule has 0 N–H and O–H groups in total. The second kappa shape index (κ2) is 4.70. The third-order valence-corrected chi connectivity index (χ3v) is 4.19. The van der Waals surface area contributed by atoms with Crippen molar-refractivity contribution in [2.45, 2.75) is 20.8 Å². The number of hydrogen-bond acceptors (Lipinski definition) is 2. The molecule has 3 rings (SSSR count). The van der Waals surface area contributed by atoms with E-state index in [1.807, 2.05) is 24.7 Å². The highest BCUT2D eigenvalue weighted by Gasteiger charge is 2.14. The Morgan fingerprint density at radius 3 is 2.60 bits per heavy atom. The van der Waals surface area contributed by atoms with Crippen LogP contribution in [0.5, 0.6) is 0 Å². The van der Waals surface area contributed by atoms with Crippen molar-refractivity contribution >= 4 is 27.0 Å². The lowest BCUT2D eigenvalue weighted by Crippen LogP contribution is -1.98. The molecule has 0 aliphatic heterocycles. The van der Waals surface area contributed by atoms with Crippen LogP contribution in [-0.2, 0) is 7.05 Å². The molecule has 0 aliphatic rings. The number of aryl methyl sites for hydroxylation is 4. The first-order valence-electron chi connectivity index (χ1n) is 6.54. The van der Waals surface area contributed by atoms with Gasteiger partial charge in [-0.15, -0.1) is 0 Å². The Hall–Kier alpha value is -1.68. The van der Waals surface area contributed by atoms with Gasteiger partial charge < -0.3 is 4.57 Å². The van der Waals surface area contributed by atoms with Crippen molar-refractivity contribution in [1.29, 1.82) is 0 Å². The molecule has 0 saturated carbocycles. The van der Waals surface area contributed by atoms with E-state index < -0.39 is 0 Å². The largest absolute Gasteiger partial charge is 0.334 e. The third-order valence-electron chi connectivity index (χ3n) is 3.58. The number of fused-ring (bicyclic) bond motifs is 1. The van der Waals surface area contributed by atoms with Crippen LogP contribution in [0.2, 0.25) is 0 Å². The van der Waals surface area contributed by atoms with Crippen LogP contribution in [0, 0.1) is 20.8 Å². The number of rotatable bonds is 1. The normalized spacial score (nSPS) is 11.2. The average molecular weight is 330 g/mol. The van der Waals surface area contributed by atoms with Gasteiger partial charge >= 0.3 is 0 Å². The fourth-order valence-electron chi connectivity index (χ4n) is 2.49. The molecule has 0 radical (unpaired) electrons. The van der Waals surface area contributed by atoms with Crippen molar-refractivity contribution in [3.63, 3.8) is 0 Å². The van der Waals surface area contributed by atoms with Gasteiger partial charge in [-0.1, -0.05) is 17.7 Å². The molecule has 0 spiro atoms. The summed E-state index contributed by atoms with van der Waals surface area (Å²) in [4.78, 5) is 9.44. The average Bonchev–Trinajstić information content (AvgIpc) is 2.68. The maximum atomic E-state index is 4.75. The molecule has 0 saturated heterocycles. The van der Waals surface area contributed by atoms with E-state index in [9.17, 15) is 0 Å². The van der Waals surface area contributed by atoms with Crippen LogP contribution in [0.15, 0.2) is 28.9 Å². The highest BCUT2D eigenvalue weighted by molar-refractivity contribution is 9.10. The predicted molar refractivity (Wildman–Crippen MR) is 85.9 cm³/mol. The second-order valence-corrected chi connectivity index (χ2v) is 6.09. The third kappa shape index (κ3) is 2.04. The lowest BCUT2D eigenvalue weighted by atomic mass is 10.0. The minimum Gasteiger partial charge on any atom is -0.334 e. The Labute approximate surface area is 126 Å².